The lowest BCUT2D eigenvalue weighted by atomic mass is 9.94. The normalized spacial score (nSPS) is 16.1. The highest BCUT2D eigenvalue weighted by Crippen LogP contribution is 2.21. The third-order valence-corrected chi connectivity index (χ3v) is 6.30. The van der Waals surface area contributed by atoms with Gasteiger partial charge in [-0.05, 0) is 64.2 Å². The molecule has 1 saturated carbocycles. The van der Waals surface area contributed by atoms with Crippen molar-refractivity contribution >= 4 is 15.9 Å². The van der Waals surface area contributed by atoms with Crippen molar-refractivity contribution < 1.29 is 13.2 Å². The van der Waals surface area contributed by atoms with Crippen LogP contribution in [-0.2, 0) is 10.0 Å². The maximum absolute atomic E-state index is 12.1. The molecule has 0 aromatic heterocycles. The van der Waals surface area contributed by atoms with Crippen molar-refractivity contribution in [2.24, 2.45) is 0 Å². The van der Waals surface area contributed by atoms with Crippen molar-refractivity contribution in [1.82, 2.24) is 14.9 Å². The summed E-state index contributed by atoms with van der Waals surface area (Å²) in [4.78, 5) is 14.7. The topological polar surface area (TPSA) is 78.5 Å². The van der Waals surface area contributed by atoms with E-state index in [0.29, 0.717) is 18.2 Å². The second-order valence-electron chi connectivity index (χ2n) is 6.61. The zero-order valence-corrected chi connectivity index (χ0v) is 15.9. The van der Waals surface area contributed by atoms with Crippen molar-refractivity contribution in [1.29, 1.82) is 0 Å². The number of amides is 1. The maximum atomic E-state index is 12.1. The monoisotopic (exact) mass is 367 g/mol. The van der Waals surface area contributed by atoms with Gasteiger partial charge in [-0.15, -0.1) is 0 Å². The summed E-state index contributed by atoms with van der Waals surface area (Å²) >= 11 is 0. The predicted octanol–water partition coefficient (Wildman–Crippen LogP) is 1.98. The molecule has 1 fully saturated rings. The minimum Gasteiger partial charge on any atom is -0.352 e. The first-order valence-corrected chi connectivity index (χ1v) is 10.4. The number of hydrogen-bond acceptors (Lipinski definition) is 4. The zero-order chi connectivity index (χ0) is 18.3. The molecule has 1 aliphatic carbocycles. The van der Waals surface area contributed by atoms with Crippen LogP contribution in [0.2, 0.25) is 0 Å². The van der Waals surface area contributed by atoms with Crippen LogP contribution in [0.1, 0.15) is 48.9 Å². The van der Waals surface area contributed by atoms with Gasteiger partial charge in [0.2, 0.25) is 10.0 Å². The van der Waals surface area contributed by atoms with Crippen LogP contribution < -0.4 is 10.0 Å². The van der Waals surface area contributed by atoms with Crippen molar-refractivity contribution in [2.45, 2.75) is 49.5 Å². The van der Waals surface area contributed by atoms with Crippen LogP contribution in [0.5, 0.6) is 0 Å². The molecule has 25 heavy (non-hydrogen) atoms. The minimum atomic E-state index is -3.47. The van der Waals surface area contributed by atoms with Gasteiger partial charge in [0, 0.05) is 18.2 Å². The number of carbonyl (C=O) groups excluding carboxylic acids is 1. The van der Waals surface area contributed by atoms with Crippen molar-refractivity contribution in [3.8, 4) is 0 Å². The van der Waals surface area contributed by atoms with Crippen LogP contribution in [0.15, 0.2) is 29.2 Å². The van der Waals surface area contributed by atoms with E-state index >= 15 is 0 Å². The summed E-state index contributed by atoms with van der Waals surface area (Å²) in [6.07, 6.45) is 7.48. The Morgan fingerprint density at radius 1 is 1.16 bits per heavy atom. The van der Waals surface area contributed by atoms with Gasteiger partial charge in [0.25, 0.3) is 5.91 Å². The molecule has 0 unspecified atom stereocenters. The van der Waals surface area contributed by atoms with E-state index in [4.69, 9.17) is 0 Å². The van der Waals surface area contributed by atoms with E-state index in [1.807, 2.05) is 0 Å². The van der Waals surface area contributed by atoms with E-state index in [0.717, 1.165) is 13.0 Å². The summed E-state index contributed by atoms with van der Waals surface area (Å²) in [7, 11) is 0.0577. The number of sulfonamides is 1. The number of hydrogen-bond donors (Lipinski definition) is 2. The van der Waals surface area contributed by atoms with Crippen LogP contribution in [-0.4, -0.2) is 52.5 Å². The van der Waals surface area contributed by atoms with Crippen LogP contribution >= 0.6 is 0 Å². The first-order valence-electron chi connectivity index (χ1n) is 8.96. The molecule has 0 spiro atoms. The number of nitrogens with zero attached hydrogens (tertiary/aromatic N) is 1. The molecule has 2 N–H and O–H groups in total. The Kier molecular flexibility index (Phi) is 7.40. The lowest BCUT2D eigenvalue weighted by molar-refractivity contribution is 0.0950. The SMILES string of the molecule is CNS(=O)(=O)c1ccc(C(=O)NCCCN(C)C2CCCCC2)cc1. The molecule has 1 aromatic rings. The summed E-state index contributed by atoms with van der Waals surface area (Å²) in [5.74, 6) is -0.172. The average molecular weight is 368 g/mol. The summed E-state index contributed by atoms with van der Waals surface area (Å²) < 4.78 is 25.6. The van der Waals surface area contributed by atoms with Crippen LogP contribution in [0.25, 0.3) is 0 Å². The summed E-state index contributed by atoms with van der Waals surface area (Å²) in [6, 6.07) is 6.64. The third kappa shape index (κ3) is 5.80. The molecule has 140 valence electrons. The zero-order valence-electron chi connectivity index (χ0n) is 15.1. The first kappa shape index (κ1) is 19.9. The molecule has 2 rings (SSSR count). The molecule has 0 aliphatic heterocycles. The van der Waals surface area contributed by atoms with E-state index in [9.17, 15) is 13.2 Å². The summed E-state index contributed by atoms with van der Waals surface area (Å²) in [6.45, 7) is 1.59. The molecule has 1 aromatic carbocycles. The lowest BCUT2D eigenvalue weighted by Crippen LogP contribution is -2.35. The Labute approximate surface area is 151 Å². The molecule has 0 atom stereocenters. The van der Waals surface area contributed by atoms with Gasteiger partial charge in [-0.2, -0.15) is 0 Å². The van der Waals surface area contributed by atoms with E-state index in [1.54, 1.807) is 0 Å². The molecule has 1 amide bonds. The Morgan fingerprint density at radius 2 is 1.80 bits per heavy atom. The molecule has 0 radical (unpaired) electrons. The number of rotatable bonds is 8. The minimum absolute atomic E-state index is 0.153. The molecule has 6 nitrogen and oxygen atoms in total. The quantitative estimate of drug-likeness (QED) is 0.689. The van der Waals surface area contributed by atoms with Gasteiger partial charge in [-0.25, -0.2) is 13.1 Å². The van der Waals surface area contributed by atoms with Crippen molar-refractivity contribution in [3.63, 3.8) is 0 Å². The second-order valence-corrected chi connectivity index (χ2v) is 8.50. The lowest BCUT2D eigenvalue weighted by Gasteiger charge is -2.31. The predicted molar refractivity (Wildman–Crippen MR) is 99.1 cm³/mol. The highest BCUT2D eigenvalue weighted by Gasteiger charge is 2.17. The van der Waals surface area contributed by atoms with E-state index in [2.05, 4.69) is 22.0 Å². The van der Waals surface area contributed by atoms with Crippen molar-refractivity contribution in [2.75, 3.05) is 27.2 Å². The number of nitrogens with one attached hydrogen (secondary N) is 2. The molecular formula is C18H29N3O3S. The molecule has 1 aliphatic rings. The molecule has 7 heteroatoms. The fourth-order valence-electron chi connectivity index (χ4n) is 3.24. The Hall–Kier alpha value is -1.44. The van der Waals surface area contributed by atoms with E-state index in [1.165, 1.54) is 63.4 Å². The standard InChI is InChI=1S/C18H29N3O3S/c1-19-25(23,24)17-11-9-15(10-12-17)18(22)20-13-6-14-21(2)16-7-4-3-5-8-16/h9-12,16,19H,3-8,13-14H2,1-2H3,(H,20,22). The van der Waals surface area contributed by atoms with E-state index < -0.39 is 10.0 Å². The fraction of sp³-hybridized carbons (Fsp3) is 0.611. The van der Waals surface area contributed by atoms with Crippen LogP contribution in [0, 0.1) is 0 Å². The summed E-state index contributed by atoms with van der Waals surface area (Å²) in [5, 5.41) is 2.90. The van der Waals surface area contributed by atoms with Gasteiger partial charge in [0.15, 0.2) is 0 Å². The highest BCUT2D eigenvalue weighted by molar-refractivity contribution is 7.89. The Balaban J connectivity index is 1.74. The van der Waals surface area contributed by atoms with Crippen molar-refractivity contribution in [3.05, 3.63) is 29.8 Å². The maximum Gasteiger partial charge on any atom is 0.251 e. The van der Waals surface area contributed by atoms with Crippen LogP contribution in [0.3, 0.4) is 0 Å². The first-order chi connectivity index (χ1) is 11.9. The smallest absolute Gasteiger partial charge is 0.251 e. The molecule has 0 bridgehead atoms. The van der Waals surface area contributed by atoms with Gasteiger partial charge >= 0.3 is 0 Å². The average Bonchev–Trinajstić information content (AvgIpc) is 2.65. The Bertz CT molecular complexity index is 653. The highest BCUT2D eigenvalue weighted by atomic mass is 32.2. The van der Waals surface area contributed by atoms with Gasteiger partial charge < -0.3 is 10.2 Å². The van der Waals surface area contributed by atoms with Crippen LogP contribution in [0.4, 0.5) is 0 Å². The fourth-order valence-corrected chi connectivity index (χ4v) is 3.97. The van der Waals surface area contributed by atoms with Gasteiger partial charge in [-0.1, -0.05) is 19.3 Å². The number of carbonyl (C=O) groups is 1. The number of benzene rings is 1. The van der Waals surface area contributed by atoms with E-state index in [-0.39, 0.29) is 10.8 Å². The molecule has 0 heterocycles. The molecular weight excluding hydrogens is 338 g/mol. The Morgan fingerprint density at radius 3 is 2.40 bits per heavy atom. The second kappa shape index (κ2) is 9.31. The van der Waals surface area contributed by atoms with Gasteiger partial charge in [0.05, 0.1) is 4.90 Å². The van der Waals surface area contributed by atoms with Gasteiger partial charge in [-0.3, -0.25) is 4.79 Å². The largest absolute Gasteiger partial charge is 0.352 e. The molecule has 0 saturated heterocycles. The summed E-state index contributed by atoms with van der Waals surface area (Å²) in [5.41, 5.74) is 0.468. The van der Waals surface area contributed by atoms with Gasteiger partial charge in [0.1, 0.15) is 0 Å². The third-order valence-electron chi connectivity index (χ3n) is 4.87.